The van der Waals surface area contributed by atoms with Gasteiger partial charge in [-0.2, -0.15) is 0 Å². The third-order valence-corrected chi connectivity index (χ3v) is 7.12. The van der Waals surface area contributed by atoms with Crippen molar-refractivity contribution < 1.29 is 27.5 Å². The molecule has 0 aliphatic carbocycles. The summed E-state index contributed by atoms with van der Waals surface area (Å²) >= 11 is 6.33. The molecule has 0 unspecified atom stereocenters. The summed E-state index contributed by atoms with van der Waals surface area (Å²) in [7, 11) is -1.07. The molecular weight excluding hydrogens is 506 g/mol. The Morgan fingerprint density at radius 3 is 2.39 bits per heavy atom. The second-order valence-corrected chi connectivity index (χ2v) is 10.6. The predicted octanol–water partition coefficient (Wildman–Crippen LogP) is 3.46. The first-order chi connectivity index (χ1) is 17.0. The van der Waals surface area contributed by atoms with E-state index in [1.54, 1.807) is 43.3 Å². The Morgan fingerprint density at radius 2 is 1.81 bits per heavy atom. The van der Waals surface area contributed by atoms with Gasteiger partial charge in [0, 0.05) is 24.2 Å². The Balaban J connectivity index is 2.46. The van der Waals surface area contributed by atoms with E-state index in [1.807, 2.05) is 6.92 Å². The second-order valence-electron chi connectivity index (χ2n) is 8.24. The van der Waals surface area contributed by atoms with Gasteiger partial charge in [-0.1, -0.05) is 43.1 Å². The van der Waals surface area contributed by atoms with Gasteiger partial charge in [0.1, 0.15) is 24.1 Å². The number of nitrogens with zero attached hydrogens (tertiary/aromatic N) is 2. The fraction of sp³-hybridized carbons (Fsp3) is 0.440. The number of unbranched alkanes of at least 4 members (excludes halogenated alkanes) is 1. The van der Waals surface area contributed by atoms with Crippen LogP contribution in [0.5, 0.6) is 11.5 Å². The largest absolute Gasteiger partial charge is 0.497 e. The van der Waals surface area contributed by atoms with E-state index in [1.165, 1.54) is 25.2 Å². The summed E-state index contributed by atoms with van der Waals surface area (Å²) < 4.78 is 37.1. The van der Waals surface area contributed by atoms with E-state index in [9.17, 15) is 18.0 Å². The first-order valence-corrected chi connectivity index (χ1v) is 13.8. The molecule has 0 saturated heterocycles. The number of sulfonamides is 1. The maximum atomic E-state index is 13.6. The van der Waals surface area contributed by atoms with Crippen LogP contribution >= 0.6 is 11.6 Å². The average Bonchev–Trinajstić information content (AvgIpc) is 2.85. The van der Waals surface area contributed by atoms with Crippen molar-refractivity contribution in [3.8, 4) is 11.5 Å². The van der Waals surface area contributed by atoms with Gasteiger partial charge in [-0.25, -0.2) is 8.42 Å². The van der Waals surface area contributed by atoms with Crippen LogP contribution in [-0.4, -0.2) is 64.7 Å². The number of benzene rings is 2. The van der Waals surface area contributed by atoms with Crippen LogP contribution in [0, 0.1) is 0 Å². The number of hydrogen-bond donors (Lipinski definition) is 1. The van der Waals surface area contributed by atoms with Crippen LogP contribution < -0.4 is 19.1 Å². The molecule has 2 rings (SSSR count). The van der Waals surface area contributed by atoms with Crippen LogP contribution in [0.4, 0.5) is 5.69 Å². The molecule has 0 aliphatic heterocycles. The topological polar surface area (TPSA) is 105 Å². The molecule has 0 aromatic heterocycles. The highest BCUT2D eigenvalue weighted by atomic mass is 35.5. The Morgan fingerprint density at radius 1 is 1.11 bits per heavy atom. The number of hydrogen-bond acceptors (Lipinski definition) is 6. The lowest BCUT2D eigenvalue weighted by atomic mass is 10.1. The second kappa shape index (κ2) is 13.4. The quantitative estimate of drug-likeness (QED) is 0.391. The van der Waals surface area contributed by atoms with Crippen molar-refractivity contribution in [3.05, 3.63) is 53.1 Å². The van der Waals surface area contributed by atoms with Crippen LogP contribution in [0.1, 0.15) is 32.3 Å². The molecule has 0 radical (unpaired) electrons. The zero-order chi connectivity index (χ0) is 26.9. The molecule has 9 nitrogen and oxygen atoms in total. The van der Waals surface area contributed by atoms with Crippen LogP contribution in [0.2, 0.25) is 5.02 Å². The molecule has 2 aromatic rings. The highest BCUT2D eigenvalue weighted by Crippen LogP contribution is 2.34. The first-order valence-electron chi connectivity index (χ1n) is 11.5. The number of amides is 2. The van der Waals surface area contributed by atoms with Gasteiger partial charge < -0.3 is 19.7 Å². The maximum absolute atomic E-state index is 13.6. The Hall–Kier alpha value is -2.98. The van der Waals surface area contributed by atoms with Gasteiger partial charge in [0.2, 0.25) is 21.8 Å². The van der Waals surface area contributed by atoms with Crippen LogP contribution in [-0.2, 0) is 26.2 Å². The molecule has 0 fully saturated rings. The minimum absolute atomic E-state index is 0.0215. The van der Waals surface area contributed by atoms with Gasteiger partial charge >= 0.3 is 0 Å². The van der Waals surface area contributed by atoms with E-state index in [0.717, 1.165) is 23.4 Å². The van der Waals surface area contributed by atoms with Gasteiger partial charge in [0.15, 0.2) is 0 Å². The van der Waals surface area contributed by atoms with E-state index in [4.69, 9.17) is 21.1 Å². The summed E-state index contributed by atoms with van der Waals surface area (Å²) in [5.41, 5.74) is 0.774. The maximum Gasteiger partial charge on any atom is 0.244 e. The normalized spacial score (nSPS) is 11.9. The van der Waals surface area contributed by atoms with Gasteiger partial charge in [-0.05, 0) is 37.1 Å². The monoisotopic (exact) mass is 539 g/mol. The molecule has 11 heteroatoms. The van der Waals surface area contributed by atoms with Crippen molar-refractivity contribution in [2.75, 3.05) is 37.9 Å². The molecule has 0 heterocycles. The van der Waals surface area contributed by atoms with Crippen molar-refractivity contribution in [3.63, 3.8) is 0 Å². The first kappa shape index (κ1) is 29.3. The molecule has 198 valence electrons. The number of rotatable bonds is 13. The minimum atomic E-state index is -3.92. The molecule has 0 bridgehead atoms. The van der Waals surface area contributed by atoms with Crippen LogP contribution in [0.3, 0.4) is 0 Å². The van der Waals surface area contributed by atoms with Gasteiger partial charge in [0.25, 0.3) is 0 Å². The Kier molecular flexibility index (Phi) is 10.9. The number of halogens is 1. The van der Waals surface area contributed by atoms with Crippen molar-refractivity contribution in [2.24, 2.45) is 0 Å². The van der Waals surface area contributed by atoms with Gasteiger partial charge in [-0.3, -0.25) is 13.9 Å². The summed E-state index contributed by atoms with van der Waals surface area (Å²) in [4.78, 5) is 27.8. The van der Waals surface area contributed by atoms with Crippen LogP contribution in [0.15, 0.2) is 42.5 Å². The molecule has 0 saturated carbocycles. The third kappa shape index (κ3) is 7.76. The minimum Gasteiger partial charge on any atom is -0.497 e. The lowest BCUT2D eigenvalue weighted by molar-refractivity contribution is -0.139. The van der Waals surface area contributed by atoms with Crippen molar-refractivity contribution in [1.82, 2.24) is 10.2 Å². The summed E-state index contributed by atoms with van der Waals surface area (Å²) in [5, 5.41) is 3.27. The fourth-order valence-electron chi connectivity index (χ4n) is 3.52. The lowest BCUT2D eigenvalue weighted by Crippen LogP contribution is -2.51. The molecule has 1 N–H and O–H groups in total. The summed E-state index contributed by atoms with van der Waals surface area (Å²) in [6.07, 6.45) is 2.70. The molecule has 2 aromatic carbocycles. The summed E-state index contributed by atoms with van der Waals surface area (Å²) in [5.74, 6) is -0.280. The van der Waals surface area contributed by atoms with E-state index >= 15 is 0 Å². The molecule has 0 aliphatic rings. The highest BCUT2D eigenvalue weighted by Gasteiger charge is 2.31. The Labute approximate surface area is 218 Å². The zero-order valence-corrected chi connectivity index (χ0v) is 22.9. The van der Waals surface area contributed by atoms with Gasteiger partial charge in [-0.15, -0.1) is 0 Å². The average molecular weight is 540 g/mol. The summed E-state index contributed by atoms with van der Waals surface area (Å²) in [6.45, 7) is 3.56. The summed E-state index contributed by atoms with van der Waals surface area (Å²) in [6, 6.07) is 10.8. The number of carbonyl (C=O) groups excluding carboxylic acids is 2. The zero-order valence-electron chi connectivity index (χ0n) is 21.3. The predicted molar refractivity (Wildman–Crippen MR) is 141 cm³/mol. The van der Waals surface area contributed by atoms with E-state index < -0.39 is 28.5 Å². The van der Waals surface area contributed by atoms with Gasteiger partial charge in [0.05, 0.1) is 26.2 Å². The van der Waals surface area contributed by atoms with Crippen molar-refractivity contribution in [1.29, 1.82) is 0 Å². The van der Waals surface area contributed by atoms with E-state index in [2.05, 4.69) is 5.32 Å². The number of carbonyl (C=O) groups is 2. The van der Waals surface area contributed by atoms with Crippen LogP contribution in [0.25, 0.3) is 0 Å². The SMILES string of the molecule is CCCCNC(=O)[C@@H](C)N(Cc1ccccc1Cl)C(=O)CN(c1cc(OC)ccc1OC)S(C)(=O)=O. The molecule has 1 atom stereocenters. The smallest absolute Gasteiger partial charge is 0.244 e. The van der Waals surface area contributed by atoms with E-state index in [0.29, 0.717) is 22.9 Å². The third-order valence-electron chi connectivity index (χ3n) is 5.63. The molecule has 0 spiro atoms. The standard InChI is InChI=1S/C25H34ClN3O6S/c1-6-7-14-27-25(31)18(2)28(16-19-10-8-9-11-21(19)26)24(30)17-29(36(5,32)33)22-15-20(34-3)12-13-23(22)35-4/h8-13,15,18H,6-7,14,16-17H2,1-5H3,(H,27,31)/t18-/m1/s1. The number of nitrogens with one attached hydrogen (secondary N) is 1. The highest BCUT2D eigenvalue weighted by molar-refractivity contribution is 7.92. The Bertz CT molecular complexity index is 1160. The van der Waals surface area contributed by atoms with Crippen molar-refractivity contribution >= 4 is 39.1 Å². The number of ether oxygens (including phenoxy) is 2. The van der Waals surface area contributed by atoms with Crippen molar-refractivity contribution in [2.45, 2.75) is 39.3 Å². The fourth-order valence-corrected chi connectivity index (χ4v) is 4.56. The number of methoxy groups -OCH3 is 2. The molecular formula is C25H34ClN3O6S. The molecule has 2 amide bonds. The molecule has 36 heavy (non-hydrogen) atoms. The van der Waals surface area contributed by atoms with E-state index in [-0.39, 0.29) is 23.9 Å². The number of anilines is 1. The lowest BCUT2D eigenvalue weighted by Gasteiger charge is -2.32.